The molecular weight excluding hydrogens is 368 g/mol. The first-order chi connectivity index (χ1) is 12.7. The Morgan fingerprint density at radius 2 is 1.78 bits per heavy atom. The highest BCUT2D eigenvalue weighted by atomic mass is 32.2. The van der Waals surface area contributed by atoms with Gasteiger partial charge in [-0.1, -0.05) is 12.1 Å². The van der Waals surface area contributed by atoms with E-state index in [1.807, 2.05) is 0 Å². The second-order valence-corrected chi connectivity index (χ2v) is 8.12. The van der Waals surface area contributed by atoms with Gasteiger partial charge in [-0.15, -0.1) is 0 Å². The summed E-state index contributed by atoms with van der Waals surface area (Å²) in [6, 6.07) is 10.7. The molecule has 0 saturated heterocycles. The Kier molecular flexibility index (Phi) is 6.35. The quantitative estimate of drug-likeness (QED) is 0.766. The lowest BCUT2D eigenvalue weighted by atomic mass is 10.1. The van der Waals surface area contributed by atoms with Crippen molar-refractivity contribution in [1.29, 1.82) is 0 Å². The highest BCUT2D eigenvalue weighted by Crippen LogP contribution is 2.21. The summed E-state index contributed by atoms with van der Waals surface area (Å²) in [6.07, 6.45) is 0. The third-order valence-electron chi connectivity index (χ3n) is 3.95. The van der Waals surface area contributed by atoms with Gasteiger partial charge in [0.25, 0.3) is 5.91 Å². The number of hydrogen-bond donors (Lipinski definition) is 1. The van der Waals surface area contributed by atoms with E-state index in [4.69, 9.17) is 4.74 Å². The molecule has 0 bridgehead atoms. The van der Waals surface area contributed by atoms with E-state index in [-0.39, 0.29) is 17.1 Å². The number of amides is 1. The standard InChI is InChI=1S/C19H22N2O5S/c1-5-26-19(23)16-10-7-11-17(13(16)2)20-18(22)14-8-6-9-15(12-14)27(24,25)21(3)4/h6-12H,5H2,1-4H3,(H,20,22). The van der Waals surface area contributed by atoms with Crippen LogP contribution in [0, 0.1) is 6.92 Å². The first-order valence-electron chi connectivity index (χ1n) is 8.29. The monoisotopic (exact) mass is 390 g/mol. The van der Waals surface area contributed by atoms with Gasteiger partial charge in [0, 0.05) is 25.3 Å². The zero-order valence-corrected chi connectivity index (χ0v) is 16.5. The minimum Gasteiger partial charge on any atom is -0.462 e. The predicted octanol–water partition coefficient (Wildman–Crippen LogP) is 2.67. The number of sulfonamides is 1. The van der Waals surface area contributed by atoms with Gasteiger partial charge in [0.2, 0.25) is 10.0 Å². The zero-order valence-electron chi connectivity index (χ0n) is 15.6. The van der Waals surface area contributed by atoms with E-state index in [1.54, 1.807) is 32.0 Å². The van der Waals surface area contributed by atoms with Gasteiger partial charge in [-0.25, -0.2) is 17.5 Å². The van der Waals surface area contributed by atoms with Crippen LogP contribution in [0.4, 0.5) is 5.69 Å². The average Bonchev–Trinajstić information content (AvgIpc) is 2.63. The fraction of sp³-hybridized carbons (Fsp3) is 0.263. The number of nitrogens with zero attached hydrogens (tertiary/aromatic N) is 1. The van der Waals surface area contributed by atoms with Crippen LogP contribution >= 0.6 is 0 Å². The lowest BCUT2D eigenvalue weighted by molar-refractivity contribution is 0.0525. The van der Waals surface area contributed by atoms with Gasteiger partial charge in [0.15, 0.2) is 0 Å². The molecule has 2 rings (SSSR count). The van der Waals surface area contributed by atoms with Crippen molar-refractivity contribution < 1.29 is 22.7 Å². The summed E-state index contributed by atoms with van der Waals surface area (Å²) in [6.45, 7) is 3.67. The fourth-order valence-corrected chi connectivity index (χ4v) is 3.35. The summed E-state index contributed by atoms with van der Waals surface area (Å²) < 4.78 is 30.6. The molecule has 0 unspecified atom stereocenters. The first kappa shape index (κ1) is 20.6. The van der Waals surface area contributed by atoms with Crippen molar-refractivity contribution in [2.24, 2.45) is 0 Å². The molecule has 7 nitrogen and oxygen atoms in total. The van der Waals surface area contributed by atoms with Crippen molar-refractivity contribution in [3.8, 4) is 0 Å². The molecule has 8 heteroatoms. The number of rotatable bonds is 6. The van der Waals surface area contributed by atoms with E-state index in [1.165, 1.54) is 38.4 Å². The lowest BCUT2D eigenvalue weighted by Gasteiger charge is -2.14. The molecule has 27 heavy (non-hydrogen) atoms. The molecule has 0 heterocycles. The molecule has 0 radical (unpaired) electrons. The number of carbonyl (C=O) groups excluding carboxylic acids is 2. The third kappa shape index (κ3) is 4.53. The molecule has 0 spiro atoms. The average molecular weight is 390 g/mol. The van der Waals surface area contributed by atoms with Crippen LogP contribution in [0.1, 0.15) is 33.2 Å². The molecule has 0 saturated carbocycles. The fourth-order valence-electron chi connectivity index (χ4n) is 2.40. The van der Waals surface area contributed by atoms with Crippen molar-refractivity contribution >= 4 is 27.6 Å². The molecule has 144 valence electrons. The highest BCUT2D eigenvalue weighted by molar-refractivity contribution is 7.89. The minimum atomic E-state index is -3.65. The van der Waals surface area contributed by atoms with Crippen LogP contribution in [0.25, 0.3) is 0 Å². The first-order valence-corrected chi connectivity index (χ1v) is 9.73. The van der Waals surface area contributed by atoms with Crippen LogP contribution in [0.5, 0.6) is 0 Å². The Morgan fingerprint density at radius 1 is 1.11 bits per heavy atom. The van der Waals surface area contributed by atoms with Crippen molar-refractivity contribution in [2.45, 2.75) is 18.7 Å². The van der Waals surface area contributed by atoms with Gasteiger partial charge in [-0.3, -0.25) is 4.79 Å². The summed E-state index contributed by atoms with van der Waals surface area (Å²) in [7, 11) is -0.800. The normalized spacial score (nSPS) is 11.3. The Balaban J connectivity index is 2.31. The number of benzene rings is 2. The van der Waals surface area contributed by atoms with E-state index in [0.29, 0.717) is 16.8 Å². The smallest absolute Gasteiger partial charge is 0.338 e. The molecule has 2 aromatic carbocycles. The van der Waals surface area contributed by atoms with Gasteiger partial charge in [-0.2, -0.15) is 0 Å². The maximum Gasteiger partial charge on any atom is 0.338 e. The molecule has 1 N–H and O–H groups in total. The van der Waals surface area contributed by atoms with Crippen LogP contribution in [-0.4, -0.2) is 45.3 Å². The van der Waals surface area contributed by atoms with Gasteiger partial charge in [0.1, 0.15) is 0 Å². The second kappa shape index (κ2) is 8.32. The number of hydrogen-bond acceptors (Lipinski definition) is 5. The number of esters is 1. The Hall–Kier alpha value is -2.71. The second-order valence-electron chi connectivity index (χ2n) is 5.97. The van der Waals surface area contributed by atoms with Gasteiger partial charge >= 0.3 is 5.97 Å². The van der Waals surface area contributed by atoms with Gasteiger partial charge in [-0.05, 0) is 49.7 Å². The molecule has 2 aromatic rings. The van der Waals surface area contributed by atoms with Gasteiger partial charge in [0.05, 0.1) is 17.1 Å². The number of carbonyl (C=O) groups is 2. The van der Waals surface area contributed by atoms with E-state index in [9.17, 15) is 18.0 Å². The molecule has 0 atom stereocenters. The van der Waals surface area contributed by atoms with Crippen molar-refractivity contribution in [1.82, 2.24) is 4.31 Å². The van der Waals surface area contributed by atoms with Crippen molar-refractivity contribution in [3.05, 3.63) is 59.2 Å². The van der Waals surface area contributed by atoms with E-state index >= 15 is 0 Å². The zero-order chi connectivity index (χ0) is 20.2. The summed E-state index contributed by atoms with van der Waals surface area (Å²) in [5.41, 5.74) is 1.57. The SMILES string of the molecule is CCOC(=O)c1cccc(NC(=O)c2cccc(S(=O)(=O)N(C)C)c2)c1C. The molecule has 0 aromatic heterocycles. The topological polar surface area (TPSA) is 92.8 Å². The number of nitrogens with one attached hydrogen (secondary N) is 1. The van der Waals surface area contributed by atoms with Crippen molar-refractivity contribution in [3.63, 3.8) is 0 Å². The molecule has 1 amide bonds. The maximum absolute atomic E-state index is 12.6. The largest absolute Gasteiger partial charge is 0.462 e. The molecule has 0 aliphatic rings. The molecular formula is C19H22N2O5S. The van der Waals surface area contributed by atoms with E-state index in [2.05, 4.69) is 5.32 Å². The van der Waals surface area contributed by atoms with Crippen LogP contribution < -0.4 is 5.32 Å². The summed E-state index contributed by atoms with van der Waals surface area (Å²) >= 11 is 0. The molecule has 0 fully saturated rings. The number of anilines is 1. The van der Waals surface area contributed by atoms with Crippen LogP contribution in [-0.2, 0) is 14.8 Å². The third-order valence-corrected chi connectivity index (χ3v) is 5.76. The Morgan fingerprint density at radius 3 is 2.41 bits per heavy atom. The Bertz CT molecular complexity index is 968. The maximum atomic E-state index is 12.6. The Labute approximate surface area is 159 Å². The van der Waals surface area contributed by atoms with E-state index < -0.39 is 21.9 Å². The molecule has 0 aliphatic carbocycles. The van der Waals surface area contributed by atoms with Crippen LogP contribution in [0.15, 0.2) is 47.4 Å². The molecule has 0 aliphatic heterocycles. The predicted molar refractivity (Wildman–Crippen MR) is 102 cm³/mol. The highest BCUT2D eigenvalue weighted by Gasteiger charge is 2.19. The summed E-state index contributed by atoms with van der Waals surface area (Å²) in [4.78, 5) is 24.6. The number of ether oxygens (including phenoxy) is 1. The van der Waals surface area contributed by atoms with Crippen LogP contribution in [0.2, 0.25) is 0 Å². The van der Waals surface area contributed by atoms with E-state index in [0.717, 1.165) is 4.31 Å². The lowest BCUT2D eigenvalue weighted by Crippen LogP contribution is -2.23. The summed E-state index contributed by atoms with van der Waals surface area (Å²) in [5, 5.41) is 2.72. The minimum absolute atomic E-state index is 0.0251. The van der Waals surface area contributed by atoms with Crippen LogP contribution in [0.3, 0.4) is 0 Å². The summed E-state index contributed by atoms with van der Waals surface area (Å²) in [5.74, 6) is -0.944. The van der Waals surface area contributed by atoms with Crippen molar-refractivity contribution in [2.75, 3.05) is 26.0 Å². The van der Waals surface area contributed by atoms with Gasteiger partial charge < -0.3 is 10.1 Å².